The summed E-state index contributed by atoms with van der Waals surface area (Å²) in [6, 6.07) is 7.74. The van der Waals surface area contributed by atoms with Gasteiger partial charge >= 0.3 is 11.9 Å². The first-order chi connectivity index (χ1) is 15.5. The van der Waals surface area contributed by atoms with Gasteiger partial charge < -0.3 is 9.90 Å². The Labute approximate surface area is 187 Å². The molecule has 2 aromatic carbocycles. The van der Waals surface area contributed by atoms with E-state index in [1.54, 1.807) is 23.9 Å². The van der Waals surface area contributed by atoms with Gasteiger partial charge in [0.2, 0.25) is 0 Å². The van der Waals surface area contributed by atoms with Crippen LogP contribution in [0.5, 0.6) is 0 Å². The fourth-order valence-corrected chi connectivity index (χ4v) is 3.75. The van der Waals surface area contributed by atoms with Crippen molar-refractivity contribution in [3.8, 4) is 5.69 Å². The fraction of sp³-hybridized carbons (Fsp3) is 0.143. The minimum absolute atomic E-state index is 0.185. The quantitative estimate of drug-likeness (QED) is 0.447. The zero-order valence-corrected chi connectivity index (χ0v) is 17.5. The average molecular weight is 478 g/mol. The normalized spacial score (nSPS) is 11.8. The smallest absolute Gasteiger partial charge is 0.417 e. The molecule has 12 heteroatoms. The summed E-state index contributed by atoms with van der Waals surface area (Å²) in [6.07, 6.45) is -2.41. The minimum Gasteiger partial charge on any atom is -0.545 e. The van der Waals surface area contributed by atoms with E-state index in [0.29, 0.717) is 9.95 Å². The van der Waals surface area contributed by atoms with Gasteiger partial charge in [-0.25, -0.2) is 4.79 Å². The van der Waals surface area contributed by atoms with Crippen LogP contribution in [0, 0.1) is 0 Å². The molecular formula is C21H13ClF3N4O4-. The lowest BCUT2D eigenvalue weighted by Crippen LogP contribution is -2.44. The van der Waals surface area contributed by atoms with Crippen LogP contribution in [-0.4, -0.2) is 24.9 Å². The van der Waals surface area contributed by atoms with Crippen molar-refractivity contribution in [2.45, 2.75) is 12.7 Å². The third-order valence-corrected chi connectivity index (χ3v) is 5.56. The number of fused-ring (bicyclic) bond motifs is 1. The SMILES string of the molecule is Cn1ncc2cc(-n3cc(C(=O)[O-])c(=O)n(Cc4cccc(C(F)(F)F)c4Cl)c3=O)ccc21. The number of rotatable bonds is 4. The molecule has 0 saturated heterocycles. The third-order valence-electron chi connectivity index (χ3n) is 5.11. The number of hydrogen-bond acceptors (Lipinski definition) is 5. The summed E-state index contributed by atoms with van der Waals surface area (Å²) >= 11 is 5.89. The van der Waals surface area contributed by atoms with E-state index in [2.05, 4.69) is 5.10 Å². The highest BCUT2D eigenvalue weighted by Crippen LogP contribution is 2.36. The lowest BCUT2D eigenvalue weighted by atomic mass is 10.1. The molecule has 0 spiro atoms. The molecule has 2 heterocycles. The number of carboxylic acid groups (broad SMARTS) is 1. The zero-order chi connectivity index (χ0) is 24.1. The van der Waals surface area contributed by atoms with Crippen molar-refractivity contribution in [2.75, 3.05) is 0 Å². The molecule has 0 fully saturated rings. The second-order valence-electron chi connectivity index (χ2n) is 7.16. The molecule has 0 bridgehead atoms. The van der Waals surface area contributed by atoms with Crippen molar-refractivity contribution in [1.29, 1.82) is 0 Å². The van der Waals surface area contributed by atoms with Crippen LogP contribution in [-0.2, 0) is 19.8 Å². The highest BCUT2D eigenvalue weighted by atomic mass is 35.5. The Bertz CT molecular complexity index is 1540. The van der Waals surface area contributed by atoms with E-state index in [9.17, 15) is 32.7 Å². The van der Waals surface area contributed by atoms with E-state index < -0.39 is 46.1 Å². The summed E-state index contributed by atoms with van der Waals surface area (Å²) in [4.78, 5) is 37.4. The van der Waals surface area contributed by atoms with Crippen LogP contribution in [0.4, 0.5) is 13.2 Å². The van der Waals surface area contributed by atoms with E-state index in [1.165, 1.54) is 18.3 Å². The number of carbonyl (C=O) groups excluding carboxylic acids is 1. The Balaban J connectivity index is 1.92. The number of nitrogens with zero attached hydrogens (tertiary/aromatic N) is 4. The second kappa shape index (κ2) is 7.93. The lowest BCUT2D eigenvalue weighted by Gasteiger charge is -2.16. The van der Waals surface area contributed by atoms with Crippen molar-refractivity contribution >= 4 is 28.5 Å². The van der Waals surface area contributed by atoms with Gasteiger partial charge in [-0.15, -0.1) is 0 Å². The molecule has 0 atom stereocenters. The number of aromatic nitrogens is 4. The molecule has 0 aliphatic rings. The number of hydrogen-bond donors (Lipinski definition) is 0. The minimum atomic E-state index is -4.76. The maximum Gasteiger partial charge on any atom is 0.417 e. The van der Waals surface area contributed by atoms with Gasteiger partial charge in [0.05, 0.1) is 46.1 Å². The molecule has 170 valence electrons. The summed E-state index contributed by atoms with van der Waals surface area (Å²) in [7, 11) is 1.71. The van der Waals surface area contributed by atoms with E-state index in [1.807, 2.05) is 0 Å². The van der Waals surface area contributed by atoms with Gasteiger partial charge in [0.1, 0.15) is 0 Å². The van der Waals surface area contributed by atoms with Crippen LogP contribution < -0.4 is 16.4 Å². The number of alkyl halides is 3. The van der Waals surface area contributed by atoms with Gasteiger partial charge in [-0.2, -0.15) is 18.3 Å². The van der Waals surface area contributed by atoms with Crippen molar-refractivity contribution in [1.82, 2.24) is 18.9 Å². The van der Waals surface area contributed by atoms with Gasteiger partial charge in [0.15, 0.2) is 0 Å². The summed E-state index contributed by atoms with van der Waals surface area (Å²) < 4.78 is 42.6. The van der Waals surface area contributed by atoms with Gasteiger partial charge in [-0.3, -0.25) is 18.6 Å². The van der Waals surface area contributed by atoms with Gasteiger partial charge in [-0.1, -0.05) is 23.7 Å². The van der Waals surface area contributed by atoms with E-state index in [0.717, 1.165) is 28.4 Å². The van der Waals surface area contributed by atoms with Gasteiger partial charge in [0, 0.05) is 18.6 Å². The Kier molecular flexibility index (Phi) is 5.36. The van der Waals surface area contributed by atoms with E-state index >= 15 is 0 Å². The van der Waals surface area contributed by atoms with Crippen LogP contribution >= 0.6 is 11.6 Å². The van der Waals surface area contributed by atoms with Crippen molar-refractivity contribution in [3.05, 3.63) is 91.3 Å². The molecule has 4 rings (SSSR count). The predicted molar refractivity (Wildman–Crippen MR) is 110 cm³/mol. The molecule has 0 amide bonds. The molecule has 2 aromatic heterocycles. The van der Waals surface area contributed by atoms with Crippen molar-refractivity contribution < 1.29 is 23.1 Å². The third kappa shape index (κ3) is 3.91. The molecule has 0 radical (unpaired) electrons. The first kappa shape index (κ1) is 22.3. The predicted octanol–water partition coefficient (Wildman–Crippen LogP) is 1.97. The first-order valence-electron chi connectivity index (χ1n) is 9.33. The molecule has 0 aliphatic heterocycles. The van der Waals surface area contributed by atoms with Gasteiger partial charge in [0.25, 0.3) is 5.56 Å². The molecule has 0 saturated carbocycles. The first-order valence-corrected chi connectivity index (χ1v) is 9.71. The van der Waals surface area contributed by atoms with Crippen LogP contribution in [0.25, 0.3) is 16.6 Å². The number of carbonyl (C=O) groups is 1. The highest BCUT2D eigenvalue weighted by Gasteiger charge is 2.34. The van der Waals surface area contributed by atoms with Crippen molar-refractivity contribution in [3.63, 3.8) is 0 Å². The zero-order valence-electron chi connectivity index (χ0n) is 16.8. The standard InChI is InChI=1S/C21H14ClF3N4O4/c1-27-16-6-5-13(7-12(16)8-26-27)28-10-14(19(31)32)18(30)29(20(28)33)9-11-3-2-4-15(17(11)22)21(23,24)25/h2-8,10H,9H2,1H3,(H,31,32)/p-1. The number of aryl methyl sites for hydroxylation is 1. The number of halogens is 4. The maximum atomic E-state index is 13.2. The van der Waals surface area contributed by atoms with Crippen LogP contribution in [0.1, 0.15) is 21.5 Å². The Hall–Kier alpha value is -3.86. The van der Waals surface area contributed by atoms with E-state index in [-0.39, 0.29) is 11.3 Å². The average Bonchev–Trinajstić information content (AvgIpc) is 3.11. The summed E-state index contributed by atoms with van der Waals surface area (Å²) in [5.41, 5.74) is -3.43. The van der Waals surface area contributed by atoms with Crippen molar-refractivity contribution in [2.24, 2.45) is 7.05 Å². The summed E-state index contributed by atoms with van der Waals surface area (Å²) in [5, 5.41) is 15.6. The van der Waals surface area contributed by atoms with Crippen LogP contribution in [0.3, 0.4) is 0 Å². The molecule has 0 N–H and O–H groups in total. The molecule has 0 aliphatic carbocycles. The largest absolute Gasteiger partial charge is 0.545 e. The number of benzene rings is 2. The maximum absolute atomic E-state index is 13.2. The molecule has 4 aromatic rings. The number of aromatic carboxylic acids is 1. The topological polar surface area (TPSA) is 102 Å². The monoisotopic (exact) mass is 477 g/mol. The Morgan fingerprint density at radius 1 is 1.18 bits per heavy atom. The van der Waals surface area contributed by atoms with E-state index in [4.69, 9.17) is 11.6 Å². The summed E-state index contributed by atoms with van der Waals surface area (Å²) in [6.45, 7) is -0.684. The summed E-state index contributed by atoms with van der Waals surface area (Å²) in [5.74, 6) is -1.85. The second-order valence-corrected chi connectivity index (χ2v) is 7.54. The molecular weight excluding hydrogens is 465 g/mol. The molecule has 33 heavy (non-hydrogen) atoms. The molecule has 0 unspecified atom stereocenters. The highest BCUT2D eigenvalue weighted by molar-refractivity contribution is 6.32. The molecule has 8 nitrogen and oxygen atoms in total. The van der Waals surface area contributed by atoms with Crippen LogP contribution in [0.2, 0.25) is 5.02 Å². The Morgan fingerprint density at radius 3 is 2.58 bits per heavy atom. The lowest BCUT2D eigenvalue weighted by molar-refractivity contribution is -0.255. The fourth-order valence-electron chi connectivity index (χ4n) is 3.46. The number of carboxylic acids is 1. The van der Waals surface area contributed by atoms with Crippen LogP contribution in [0.15, 0.2) is 58.4 Å². The van der Waals surface area contributed by atoms with Gasteiger partial charge in [-0.05, 0) is 29.8 Å². The Morgan fingerprint density at radius 2 is 1.91 bits per heavy atom.